The fourth-order valence-electron chi connectivity index (χ4n) is 2.93. The molecule has 0 bridgehead atoms. The number of furan rings is 1. The van der Waals surface area contributed by atoms with Crippen molar-refractivity contribution in [3.8, 4) is 5.88 Å². The normalized spacial score (nSPS) is 18.8. The first-order valence-corrected chi connectivity index (χ1v) is 8.51. The predicted octanol–water partition coefficient (Wildman–Crippen LogP) is 2.94. The number of likely N-dealkylation sites (N-methyl/N-ethyl adjacent to an activating group) is 1. The molecule has 0 saturated carbocycles. The molecule has 2 aromatic heterocycles. The molecule has 0 amide bonds. The Bertz CT molecular complexity index is 649. The highest BCUT2D eigenvalue weighted by Gasteiger charge is 2.25. The summed E-state index contributed by atoms with van der Waals surface area (Å²) in [7, 11) is 3.67. The Morgan fingerprint density at radius 1 is 1.43 bits per heavy atom. The largest absolute Gasteiger partial charge is 0.481 e. The van der Waals surface area contributed by atoms with E-state index >= 15 is 0 Å². The Balaban J connectivity index is 1.65. The molecular formula is C16H21BrN4O2. The molecule has 6 nitrogen and oxygen atoms in total. The zero-order chi connectivity index (χ0) is 16.2. The fraction of sp³-hybridized carbons (Fsp3) is 0.500. The van der Waals surface area contributed by atoms with Crippen molar-refractivity contribution in [3.05, 3.63) is 34.8 Å². The summed E-state index contributed by atoms with van der Waals surface area (Å²) in [4.78, 5) is 13.4. The molecule has 1 aliphatic heterocycles. The molecule has 23 heavy (non-hydrogen) atoms. The summed E-state index contributed by atoms with van der Waals surface area (Å²) < 4.78 is 11.6. The van der Waals surface area contributed by atoms with Crippen LogP contribution in [-0.2, 0) is 6.54 Å². The number of ether oxygens (including phenoxy) is 1. The van der Waals surface area contributed by atoms with Gasteiger partial charge in [0.2, 0.25) is 11.8 Å². The van der Waals surface area contributed by atoms with Crippen LogP contribution in [0.15, 0.2) is 33.5 Å². The monoisotopic (exact) mass is 380 g/mol. The van der Waals surface area contributed by atoms with Crippen molar-refractivity contribution in [2.45, 2.75) is 25.4 Å². The van der Waals surface area contributed by atoms with Crippen molar-refractivity contribution in [1.82, 2.24) is 14.9 Å². The minimum absolute atomic E-state index is 0.384. The molecule has 3 rings (SSSR count). The summed E-state index contributed by atoms with van der Waals surface area (Å²) >= 11 is 3.35. The van der Waals surface area contributed by atoms with Gasteiger partial charge in [-0.1, -0.05) is 0 Å². The van der Waals surface area contributed by atoms with Gasteiger partial charge in [-0.3, -0.25) is 4.90 Å². The Hall–Kier alpha value is -1.60. The van der Waals surface area contributed by atoms with Gasteiger partial charge in [0.15, 0.2) is 4.67 Å². The van der Waals surface area contributed by atoms with Crippen molar-refractivity contribution >= 4 is 21.9 Å². The van der Waals surface area contributed by atoms with Gasteiger partial charge in [0.25, 0.3) is 0 Å². The Kier molecular flexibility index (Phi) is 5.17. The maximum absolute atomic E-state index is 5.62. The molecule has 0 aromatic carbocycles. The van der Waals surface area contributed by atoms with Crippen LogP contribution >= 0.6 is 15.9 Å². The Morgan fingerprint density at radius 2 is 2.30 bits per heavy atom. The molecule has 0 spiro atoms. The summed E-state index contributed by atoms with van der Waals surface area (Å²) in [5.74, 6) is 2.28. The van der Waals surface area contributed by atoms with Crippen LogP contribution in [0.4, 0.5) is 5.95 Å². The van der Waals surface area contributed by atoms with E-state index in [0.29, 0.717) is 17.9 Å². The SMILES string of the molecule is COc1ccnc(N(C)C2CCCN(Cc3ccc(Br)o3)C2)n1. The molecule has 1 saturated heterocycles. The summed E-state index contributed by atoms with van der Waals surface area (Å²) in [5.41, 5.74) is 0. The van der Waals surface area contributed by atoms with Crippen molar-refractivity contribution in [2.75, 3.05) is 32.1 Å². The molecule has 124 valence electrons. The number of aromatic nitrogens is 2. The van der Waals surface area contributed by atoms with E-state index in [0.717, 1.165) is 42.9 Å². The van der Waals surface area contributed by atoms with Crippen LogP contribution in [0.2, 0.25) is 0 Å². The van der Waals surface area contributed by atoms with Gasteiger partial charge in [0.1, 0.15) is 5.76 Å². The van der Waals surface area contributed by atoms with E-state index in [-0.39, 0.29) is 0 Å². The summed E-state index contributed by atoms with van der Waals surface area (Å²) in [6.45, 7) is 2.88. The number of methoxy groups -OCH3 is 1. The molecule has 0 N–H and O–H groups in total. The van der Waals surface area contributed by atoms with Crippen LogP contribution < -0.4 is 9.64 Å². The van der Waals surface area contributed by atoms with Crippen LogP contribution in [-0.4, -0.2) is 48.2 Å². The van der Waals surface area contributed by atoms with E-state index in [4.69, 9.17) is 9.15 Å². The molecule has 1 aliphatic rings. The molecule has 1 atom stereocenters. The van der Waals surface area contributed by atoms with Crippen LogP contribution in [0.25, 0.3) is 0 Å². The lowest BCUT2D eigenvalue weighted by Crippen LogP contribution is -2.46. The summed E-state index contributed by atoms with van der Waals surface area (Å²) in [5, 5.41) is 0. The third kappa shape index (κ3) is 4.03. The van der Waals surface area contributed by atoms with Crippen molar-refractivity contribution in [3.63, 3.8) is 0 Å². The highest BCUT2D eigenvalue weighted by atomic mass is 79.9. The number of halogens is 1. The third-order valence-electron chi connectivity index (χ3n) is 4.18. The lowest BCUT2D eigenvalue weighted by Gasteiger charge is -2.37. The number of hydrogen-bond acceptors (Lipinski definition) is 6. The van der Waals surface area contributed by atoms with Crippen LogP contribution in [0.5, 0.6) is 5.88 Å². The van der Waals surface area contributed by atoms with Gasteiger partial charge in [0, 0.05) is 31.9 Å². The van der Waals surface area contributed by atoms with Crippen molar-refractivity contribution < 1.29 is 9.15 Å². The number of piperidine rings is 1. The summed E-state index contributed by atoms with van der Waals surface area (Å²) in [6.07, 6.45) is 4.02. The van der Waals surface area contributed by atoms with E-state index in [1.54, 1.807) is 19.4 Å². The average molecular weight is 381 g/mol. The second kappa shape index (κ2) is 7.31. The zero-order valence-electron chi connectivity index (χ0n) is 13.4. The number of anilines is 1. The van der Waals surface area contributed by atoms with Gasteiger partial charge in [-0.25, -0.2) is 4.98 Å². The quantitative estimate of drug-likeness (QED) is 0.794. The molecule has 1 fully saturated rings. The van der Waals surface area contributed by atoms with Gasteiger partial charge in [-0.2, -0.15) is 4.98 Å². The maximum atomic E-state index is 5.62. The number of nitrogens with zero attached hydrogens (tertiary/aromatic N) is 4. The average Bonchev–Trinajstić information content (AvgIpc) is 2.99. The maximum Gasteiger partial charge on any atom is 0.228 e. The molecule has 0 aliphatic carbocycles. The van der Waals surface area contributed by atoms with Gasteiger partial charge in [0.05, 0.1) is 13.7 Å². The second-order valence-electron chi connectivity index (χ2n) is 5.75. The Labute approximate surface area is 144 Å². The second-order valence-corrected chi connectivity index (χ2v) is 6.53. The standard InChI is InChI=1S/C16H21BrN4O2/c1-20(16-18-8-7-15(19-16)22-2)12-4-3-9-21(10-12)11-13-5-6-14(17)23-13/h5-8,12H,3-4,9-11H2,1-2H3. The van der Waals surface area contributed by atoms with Gasteiger partial charge >= 0.3 is 0 Å². The summed E-state index contributed by atoms with van der Waals surface area (Å²) in [6, 6.07) is 6.10. The molecule has 3 heterocycles. The number of likely N-dealkylation sites (tertiary alicyclic amines) is 1. The predicted molar refractivity (Wildman–Crippen MR) is 91.7 cm³/mol. The van der Waals surface area contributed by atoms with E-state index in [1.165, 1.54) is 0 Å². The fourth-order valence-corrected chi connectivity index (χ4v) is 3.27. The van der Waals surface area contributed by atoms with Crippen LogP contribution in [0.1, 0.15) is 18.6 Å². The van der Waals surface area contributed by atoms with E-state index in [9.17, 15) is 0 Å². The first kappa shape index (κ1) is 16.3. The lowest BCUT2D eigenvalue weighted by molar-refractivity contribution is 0.184. The smallest absolute Gasteiger partial charge is 0.228 e. The first-order chi connectivity index (χ1) is 11.2. The first-order valence-electron chi connectivity index (χ1n) is 7.72. The van der Waals surface area contributed by atoms with Gasteiger partial charge in [-0.15, -0.1) is 0 Å². The van der Waals surface area contributed by atoms with Crippen molar-refractivity contribution in [2.24, 2.45) is 0 Å². The topological polar surface area (TPSA) is 54.6 Å². The van der Waals surface area contributed by atoms with Crippen molar-refractivity contribution in [1.29, 1.82) is 0 Å². The highest BCUT2D eigenvalue weighted by Crippen LogP contribution is 2.22. The molecule has 2 aromatic rings. The van der Waals surface area contributed by atoms with E-state index < -0.39 is 0 Å². The minimum Gasteiger partial charge on any atom is -0.481 e. The molecule has 0 radical (unpaired) electrons. The molecule has 7 heteroatoms. The number of rotatable bonds is 5. The Morgan fingerprint density at radius 3 is 3.04 bits per heavy atom. The molecular weight excluding hydrogens is 360 g/mol. The van der Waals surface area contributed by atoms with Gasteiger partial charge < -0.3 is 14.1 Å². The highest BCUT2D eigenvalue weighted by molar-refractivity contribution is 9.10. The minimum atomic E-state index is 0.384. The zero-order valence-corrected chi connectivity index (χ0v) is 15.0. The number of hydrogen-bond donors (Lipinski definition) is 0. The van der Waals surface area contributed by atoms with Gasteiger partial charge in [-0.05, 0) is 47.4 Å². The van der Waals surface area contributed by atoms with Crippen LogP contribution in [0.3, 0.4) is 0 Å². The van der Waals surface area contributed by atoms with E-state index in [1.807, 2.05) is 19.2 Å². The molecule has 1 unspecified atom stereocenters. The van der Waals surface area contributed by atoms with Crippen LogP contribution in [0, 0.1) is 0 Å². The van der Waals surface area contributed by atoms with E-state index in [2.05, 4.69) is 35.7 Å². The lowest BCUT2D eigenvalue weighted by atomic mass is 10.0. The third-order valence-corrected chi connectivity index (χ3v) is 4.60.